The first-order chi connectivity index (χ1) is 14.4. The third-order valence-corrected chi connectivity index (χ3v) is 6.11. The van der Waals surface area contributed by atoms with E-state index in [9.17, 15) is 14.0 Å². The van der Waals surface area contributed by atoms with Crippen LogP contribution >= 0.6 is 34.7 Å². The zero-order chi connectivity index (χ0) is 21.1. The number of halogens is 2. The molecule has 0 radical (unpaired) electrons. The van der Waals surface area contributed by atoms with Gasteiger partial charge in [0, 0.05) is 16.8 Å². The number of hydrogen-bond acceptors (Lipinski definition) is 6. The lowest BCUT2D eigenvalue weighted by Crippen LogP contribution is -2.18. The number of amides is 1. The highest BCUT2D eigenvalue weighted by atomic mass is 35.5. The van der Waals surface area contributed by atoms with Crippen molar-refractivity contribution in [2.75, 3.05) is 5.32 Å². The molecule has 0 saturated heterocycles. The summed E-state index contributed by atoms with van der Waals surface area (Å²) in [6.45, 7) is 0. The predicted octanol–water partition coefficient (Wildman–Crippen LogP) is 4.65. The number of anilines is 1. The maximum atomic E-state index is 13.0. The van der Waals surface area contributed by atoms with E-state index < -0.39 is 0 Å². The van der Waals surface area contributed by atoms with Crippen LogP contribution in [0.3, 0.4) is 0 Å². The maximum absolute atomic E-state index is 13.0. The van der Waals surface area contributed by atoms with Crippen molar-refractivity contribution in [2.24, 2.45) is 0 Å². The second-order valence-corrected chi connectivity index (χ2v) is 8.74. The molecule has 0 atom stereocenters. The van der Waals surface area contributed by atoms with Crippen LogP contribution in [0.4, 0.5) is 9.52 Å². The highest BCUT2D eigenvalue weighted by molar-refractivity contribution is 7.98. The number of carbonyl (C=O) groups is 1. The highest BCUT2D eigenvalue weighted by Crippen LogP contribution is 2.28. The van der Waals surface area contributed by atoms with E-state index in [1.807, 2.05) is 0 Å². The largest absolute Gasteiger partial charge is 0.302 e. The minimum Gasteiger partial charge on any atom is -0.302 e. The van der Waals surface area contributed by atoms with Crippen LogP contribution in [0.15, 0.2) is 58.5 Å². The molecule has 0 bridgehead atoms. The summed E-state index contributed by atoms with van der Waals surface area (Å²) in [6.07, 6.45) is -0.0648. The number of benzene rings is 2. The molecule has 6 nitrogen and oxygen atoms in total. The average Bonchev–Trinajstić information content (AvgIpc) is 3.08. The molecule has 4 rings (SSSR count). The number of rotatable bonds is 6. The number of nitrogens with zero attached hydrogens (tertiary/aromatic N) is 2. The van der Waals surface area contributed by atoms with Gasteiger partial charge in [0.25, 0.3) is 5.56 Å². The van der Waals surface area contributed by atoms with Crippen molar-refractivity contribution in [1.29, 1.82) is 0 Å². The molecule has 4 aromatic rings. The SMILES string of the molecule is O=C(Cc1cc(=O)[nH]c(SCc2ccc(F)cc2)n1)Nc1nc2ccc(Cl)cc2s1. The Hall–Kier alpha value is -2.75. The number of nitrogens with one attached hydrogen (secondary N) is 2. The Morgan fingerprint density at radius 1 is 1.17 bits per heavy atom. The van der Waals surface area contributed by atoms with Crippen LogP contribution in [0.5, 0.6) is 0 Å². The normalized spacial score (nSPS) is 11.0. The molecule has 30 heavy (non-hydrogen) atoms. The number of aromatic nitrogens is 3. The summed E-state index contributed by atoms with van der Waals surface area (Å²) in [7, 11) is 0. The van der Waals surface area contributed by atoms with Crippen LogP contribution in [-0.2, 0) is 17.0 Å². The summed E-state index contributed by atoms with van der Waals surface area (Å²) >= 11 is 8.59. The van der Waals surface area contributed by atoms with E-state index in [0.717, 1.165) is 15.8 Å². The Morgan fingerprint density at radius 2 is 1.97 bits per heavy atom. The molecule has 2 N–H and O–H groups in total. The summed E-state index contributed by atoms with van der Waals surface area (Å²) < 4.78 is 13.9. The number of H-pyrrole nitrogens is 1. The first kappa shape index (κ1) is 20.5. The zero-order valence-electron chi connectivity index (χ0n) is 15.3. The zero-order valence-corrected chi connectivity index (χ0v) is 17.7. The van der Waals surface area contributed by atoms with Crippen molar-refractivity contribution in [3.63, 3.8) is 0 Å². The van der Waals surface area contributed by atoms with Gasteiger partial charge in [-0.3, -0.25) is 9.59 Å². The van der Waals surface area contributed by atoms with Crippen molar-refractivity contribution in [3.05, 3.63) is 81.0 Å². The molecule has 0 unspecified atom stereocenters. The molecule has 10 heteroatoms. The number of carbonyl (C=O) groups excluding carboxylic acids is 1. The molecule has 152 valence electrons. The summed E-state index contributed by atoms with van der Waals surface area (Å²) in [5.74, 6) is -0.125. The summed E-state index contributed by atoms with van der Waals surface area (Å²) in [5.41, 5.74) is 1.64. The first-order valence-corrected chi connectivity index (χ1v) is 11.0. The van der Waals surface area contributed by atoms with Gasteiger partial charge in [-0.15, -0.1) is 0 Å². The van der Waals surface area contributed by atoms with Crippen molar-refractivity contribution >= 4 is 56.0 Å². The summed E-state index contributed by atoms with van der Waals surface area (Å²) in [4.78, 5) is 35.7. The Labute approximate surface area is 183 Å². The molecular weight excluding hydrogens is 447 g/mol. The van der Waals surface area contributed by atoms with Gasteiger partial charge >= 0.3 is 0 Å². The molecule has 0 aliphatic rings. The second kappa shape index (κ2) is 8.95. The minimum absolute atomic E-state index is 0.0648. The molecule has 0 fully saturated rings. The minimum atomic E-state index is -0.343. The van der Waals surface area contributed by atoms with Crippen molar-refractivity contribution < 1.29 is 9.18 Å². The Morgan fingerprint density at radius 3 is 2.77 bits per heavy atom. The van der Waals surface area contributed by atoms with E-state index in [4.69, 9.17) is 11.6 Å². The smallest absolute Gasteiger partial charge is 0.251 e. The fourth-order valence-corrected chi connectivity index (χ4v) is 4.66. The first-order valence-electron chi connectivity index (χ1n) is 8.78. The molecule has 2 aromatic heterocycles. The average molecular weight is 461 g/mol. The van der Waals surface area contributed by atoms with Crippen molar-refractivity contribution in [2.45, 2.75) is 17.3 Å². The van der Waals surface area contributed by atoms with Gasteiger partial charge in [-0.2, -0.15) is 0 Å². The van der Waals surface area contributed by atoms with Gasteiger partial charge in [-0.1, -0.05) is 46.8 Å². The molecule has 0 aliphatic heterocycles. The second-order valence-electron chi connectivity index (χ2n) is 6.31. The van der Waals surface area contributed by atoms with E-state index in [0.29, 0.717) is 26.8 Å². The van der Waals surface area contributed by atoms with Crippen LogP contribution in [0.25, 0.3) is 10.2 Å². The van der Waals surface area contributed by atoms with E-state index in [1.54, 1.807) is 30.3 Å². The predicted molar refractivity (Wildman–Crippen MR) is 118 cm³/mol. The standard InChI is InChI=1S/C20H14ClFN4O2S2/c21-12-3-6-15-16(7-12)30-20(24-15)26-18(28)9-14-8-17(27)25-19(23-14)29-10-11-1-4-13(22)5-2-11/h1-8H,9-10H2,(H,23,25,27)(H,24,26,28). The molecule has 0 aliphatic carbocycles. The number of thiazole rings is 1. The van der Waals surface area contributed by atoms with E-state index in [-0.39, 0.29) is 23.7 Å². The number of aromatic amines is 1. The van der Waals surface area contributed by atoms with Crippen LogP contribution in [0.1, 0.15) is 11.3 Å². The molecular formula is C20H14ClFN4O2S2. The van der Waals surface area contributed by atoms with Crippen molar-refractivity contribution in [1.82, 2.24) is 15.0 Å². The van der Waals surface area contributed by atoms with Crippen LogP contribution in [0, 0.1) is 5.82 Å². The summed E-state index contributed by atoms with van der Waals surface area (Å²) in [6, 6.07) is 12.7. The molecule has 2 heterocycles. The van der Waals surface area contributed by atoms with Crippen LogP contribution in [0.2, 0.25) is 5.02 Å². The molecule has 1 amide bonds. The van der Waals surface area contributed by atoms with Gasteiger partial charge in [0.1, 0.15) is 5.82 Å². The van der Waals surface area contributed by atoms with Gasteiger partial charge in [-0.25, -0.2) is 14.4 Å². The monoisotopic (exact) mass is 460 g/mol. The third kappa shape index (κ3) is 5.24. The van der Waals surface area contributed by atoms with E-state index in [2.05, 4.69) is 20.3 Å². The Bertz CT molecular complexity index is 1270. The maximum Gasteiger partial charge on any atom is 0.251 e. The summed E-state index contributed by atoms with van der Waals surface area (Å²) in [5, 5.41) is 4.18. The lowest BCUT2D eigenvalue weighted by atomic mass is 10.2. The fraction of sp³-hybridized carbons (Fsp3) is 0.100. The number of thioether (sulfide) groups is 1. The van der Waals surface area contributed by atoms with E-state index in [1.165, 1.54) is 41.3 Å². The molecule has 0 saturated carbocycles. The van der Waals surface area contributed by atoms with Crippen LogP contribution < -0.4 is 10.9 Å². The van der Waals surface area contributed by atoms with Gasteiger partial charge < -0.3 is 10.3 Å². The number of fused-ring (bicyclic) bond motifs is 1. The lowest BCUT2D eigenvalue weighted by molar-refractivity contribution is -0.115. The Kier molecular flexibility index (Phi) is 6.12. The Balaban J connectivity index is 1.42. The molecule has 2 aromatic carbocycles. The highest BCUT2D eigenvalue weighted by Gasteiger charge is 2.11. The molecule has 0 spiro atoms. The van der Waals surface area contributed by atoms with Gasteiger partial charge in [0.2, 0.25) is 5.91 Å². The lowest BCUT2D eigenvalue weighted by Gasteiger charge is -2.05. The fourth-order valence-electron chi connectivity index (χ4n) is 2.65. The topological polar surface area (TPSA) is 87.7 Å². The quantitative estimate of drug-likeness (QED) is 0.323. The van der Waals surface area contributed by atoms with Gasteiger partial charge in [-0.05, 0) is 35.9 Å². The number of hydrogen-bond donors (Lipinski definition) is 2. The van der Waals surface area contributed by atoms with Gasteiger partial charge in [0.05, 0.1) is 22.3 Å². The third-order valence-electron chi connectivity index (χ3n) is 4.00. The van der Waals surface area contributed by atoms with Gasteiger partial charge in [0.15, 0.2) is 10.3 Å². The van der Waals surface area contributed by atoms with Crippen LogP contribution in [-0.4, -0.2) is 20.9 Å². The van der Waals surface area contributed by atoms with Crippen molar-refractivity contribution in [3.8, 4) is 0 Å². The van der Waals surface area contributed by atoms with E-state index >= 15 is 0 Å².